The molecule has 0 bridgehead atoms. The van der Waals surface area contributed by atoms with Crippen molar-refractivity contribution < 1.29 is 14.3 Å². The van der Waals surface area contributed by atoms with E-state index in [1.807, 2.05) is 31.2 Å². The summed E-state index contributed by atoms with van der Waals surface area (Å²) in [4.78, 5) is 21.1. The largest absolute Gasteiger partial charge is 0.497 e. The summed E-state index contributed by atoms with van der Waals surface area (Å²) in [6.45, 7) is 6.19. The quantitative estimate of drug-likeness (QED) is 0.441. The normalized spacial score (nSPS) is 13.1. The highest BCUT2D eigenvalue weighted by molar-refractivity contribution is 5.79. The zero-order valence-corrected chi connectivity index (χ0v) is 18.4. The Morgan fingerprint density at radius 1 is 1.19 bits per heavy atom. The van der Waals surface area contributed by atoms with Crippen LogP contribution in [0.4, 0.5) is 11.9 Å². The molecule has 0 aliphatic carbocycles. The second-order valence-corrected chi connectivity index (χ2v) is 7.46. The van der Waals surface area contributed by atoms with Gasteiger partial charge in [-0.15, -0.1) is 0 Å². The number of esters is 1. The molecule has 166 valence electrons. The Kier molecular flexibility index (Phi) is 6.91. The minimum atomic E-state index is -0.762. The summed E-state index contributed by atoms with van der Waals surface area (Å²) in [5, 5.41) is 10.8. The van der Waals surface area contributed by atoms with Crippen LogP contribution in [0, 0.1) is 0 Å². The molecule has 4 N–H and O–H groups in total. The zero-order chi connectivity index (χ0) is 22.5. The predicted molar refractivity (Wildman–Crippen MR) is 118 cm³/mol. The molecule has 1 unspecified atom stereocenters. The minimum absolute atomic E-state index is 0.0422. The fourth-order valence-electron chi connectivity index (χ4n) is 3.16. The van der Waals surface area contributed by atoms with Crippen LogP contribution < -0.4 is 21.1 Å². The Hall–Kier alpha value is -3.40. The van der Waals surface area contributed by atoms with Crippen LogP contribution >= 0.6 is 0 Å². The first kappa shape index (κ1) is 22.3. The highest BCUT2D eigenvalue weighted by Gasteiger charge is 2.22. The van der Waals surface area contributed by atoms with Crippen molar-refractivity contribution in [2.24, 2.45) is 5.73 Å². The van der Waals surface area contributed by atoms with Crippen LogP contribution in [0.5, 0.6) is 5.75 Å². The molecule has 0 amide bonds. The van der Waals surface area contributed by atoms with E-state index < -0.39 is 12.0 Å². The number of fused-ring (bicyclic) bond motifs is 1. The van der Waals surface area contributed by atoms with E-state index in [-0.39, 0.29) is 24.5 Å². The van der Waals surface area contributed by atoms with Gasteiger partial charge in [0, 0.05) is 12.1 Å². The van der Waals surface area contributed by atoms with E-state index in [1.54, 1.807) is 17.8 Å². The third kappa shape index (κ3) is 4.85. The number of aromatic nitrogens is 4. The summed E-state index contributed by atoms with van der Waals surface area (Å²) in [5.41, 5.74) is 8.36. The van der Waals surface area contributed by atoms with Crippen LogP contribution in [0.15, 0.2) is 30.5 Å². The van der Waals surface area contributed by atoms with E-state index in [9.17, 15) is 4.79 Å². The molecular weight excluding hydrogens is 398 g/mol. The van der Waals surface area contributed by atoms with Gasteiger partial charge in [-0.3, -0.25) is 0 Å². The maximum Gasteiger partial charge on any atom is 0.329 e. The molecule has 2 aromatic heterocycles. The van der Waals surface area contributed by atoms with Gasteiger partial charge in [0.25, 0.3) is 0 Å². The van der Waals surface area contributed by atoms with Crippen LogP contribution in [0.2, 0.25) is 0 Å². The van der Waals surface area contributed by atoms with E-state index in [1.165, 1.54) is 7.11 Å². The Morgan fingerprint density at radius 3 is 2.61 bits per heavy atom. The lowest BCUT2D eigenvalue weighted by molar-refractivity contribution is -0.141. The molecule has 0 radical (unpaired) electrons. The summed E-state index contributed by atoms with van der Waals surface area (Å²) >= 11 is 0. The summed E-state index contributed by atoms with van der Waals surface area (Å²) < 4.78 is 11.8. The Bertz CT molecular complexity index is 1050. The molecule has 0 saturated carbocycles. The van der Waals surface area contributed by atoms with E-state index in [0.717, 1.165) is 16.9 Å². The first-order valence-corrected chi connectivity index (χ1v) is 10.1. The number of anilines is 2. The number of methoxy groups -OCH3 is 2. The number of nitrogens with zero attached hydrogens (tertiary/aromatic N) is 4. The predicted octanol–water partition coefficient (Wildman–Crippen LogP) is 2.34. The monoisotopic (exact) mass is 427 g/mol. The molecule has 3 rings (SSSR count). The van der Waals surface area contributed by atoms with Crippen molar-refractivity contribution >= 4 is 23.5 Å². The van der Waals surface area contributed by atoms with E-state index in [2.05, 4.69) is 39.5 Å². The van der Waals surface area contributed by atoms with Crippen molar-refractivity contribution in [1.82, 2.24) is 19.6 Å². The molecule has 0 aliphatic rings. The van der Waals surface area contributed by atoms with Crippen molar-refractivity contribution in [3.8, 4) is 5.75 Å². The van der Waals surface area contributed by atoms with Gasteiger partial charge >= 0.3 is 5.97 Å². The third-order valence-corrected chi connectivity index (χ3v) is 4.98. The van der Waals surface area contributed by atoms with Gasteiger partial charge in [0.05, 0.1) is 26.5 Å². The second-order valence-electron chi connectivity index (χ2n) is 7.46. The lowest BCUT2D eigenvalue weighted by Gasteiger charge is -2.19. The standard InChI is InChI=1S/C21H29N7O3/c1-12(2)16-11-23-28-18(16)26-20(25-17(10-22)19(29)31-5)27-21(28)24-13(3)14-7-6-8-15(9-14)30-4/h6-9,11-13,17H,10,22H2,1-5H3,(H2,24,25,26,27)/t13-,17?/m0/s1. The van der Waals surface area contributed by atoms with Crippen molar-refractivity contribution in [3.05, 3.63) is 41.6 Å². The zero-order valence-electron chi connectivity index (χ0n) is 18.4. The molecule has 31 heavy (non-hydrogen) atoms. The molecule has 0 saturated heterocycles. The molecule has 10 heteroatoms. The summed E-state index contributed by atoms with van der Waals surface area (Å²) in [6, 6.07) is 6.92. The molecule has 0 fully saturated rings. The van der Waals surface area contributed by atoms with Gasteiger partial charge in [-0.1, -0.05) is 26.0 Å². The number of ether oxygens (including phenoxy) is 2. The fraction of sp³-hybridized carbons (Fsp3) is 0.429. The highest BCUT2D eigenvalue weighted by atomic mass is 16.5. The lowest BCUT2D eigenvalue weighted by Crippen LogP contribution is -2.38. The fourth-order valence-corrected chi connectivity index (χ4v) is 3.16. The molecule has 2 heterocycles. The van der Waals surface area contributed by atoms with Crippen molar-refractivity contribution in [2.45, 2.75) is 38.8 Å². The van der Waals surface area contributed by atoms with Gasteiger partial charge in [-0.05, 0) is 30.5 Å². The number of nitrogens with two attached hydrogens (primary N) is 1. The number of rotatable bonds is 9. The Morgan fingerprint density at radius 2 is 1.97 bits per heavy atom. The van der Waals surface area contributed by atoms with Gasteiger partial charge in [-0.25, -0.2) is 4.79 Å². The van der Waals surface area contributed by atoms with Gasteiger partial charge in [-0.2, -0.15) is 19.6 Å². The van der Waals surface area contributed by atoms with E-state index in [4.69, 9.17) is 15.2 Å². The number of nitrogens with one attached hydrogen (secondary N) is 2. The molecule has 0 spiro atoms. The molecular formula is C21H29N7O3. The van der Waals surface area contributed by atoms with Crippen molar-refractivity contribution in [1.29, 1.82) is 0 Å². The average Bonchev–Trinajstić information content (AvgIpc) is 3.21. The van der Waals surface area contributed by atoms with Crippen LogP contribution in [0.25, 0.3) is 5.65 Å². The third-order valence-electron chi connectivity index (χ3n) is 4.98. The first-order chi connectivity index (χ1) is 14.9. The van der Waals surface area contributed by atoms with Crippen LogP contribution in [-0.4, -0.2) is 52.4 Å². The van der Waals surface area contributed by atoms with Crippen LogP contribution in [0.1, 0.15) is 43.9 Å². The minimum Gasteiger partial charge on any atom is -0.497 e. The number of hydrogen-bond acceptors (Lipinski definition) is 9. The van der Waals surface area contributed by atoms with Crippen molar-refractivity contribution in [3.63, 3.8) is 0 Å². The number of benzene rings is 1. The molecule has 2 atom stereocenters. The SMILES string of the molecule is COC(=O)C(CN)Nc1nc(N[C@@H](C)c2cccc(OC)c2)n2ncc(C(C)C)c2n1. The number of carbonyl (C=O) groups excluding carboxylic acids is 1. The number of hydrogen-bond donors (Lipinski definition) is 3. The Labute approximate surface area is 181 Å². The van der Waals surface area contributed by atoms with Crippen molar-refractivity contribution in [2.75, 3.05) is 31.4 Å². The average molecular weight is 428 g/mol. The van der Waals surface area contributed by atoms with E-state index in [0.29, 0.717) is 11.6 Å². The van der Waals surface area contributed by atoms with Gasteiger partial charge < -0.3 is 25.8 Å². The Balaban J connectivity index is 2.01. The summed E-state index contributed by atoms with van der Waals surface area (Å²) in [6.07, 6.45) is 1.78. The smallest absolute Gasteiger partial charge is 0.329 e. The highest BCUT2D eigenvalue weighted by Crippen LogP contribution is 2.26. The maximum atomic E-state index is 12.0. The second kappa shape index (κ2) is 9.61. The molecule has 1 aromatic carbocycles. The molecule has 0 aliphatic heterocycles. The maximum absolute atomic E-state index is 12.0. The first-order valence-electron chi connectivity index (χ1n) is 10.1. The van der Waals surface area contributed by atoms with Gasteiger partial charge in [0.15, 0.2) is 5.65 Å². The van der Waals surface area contributed by atoms with Gasteiger partial charge in [0.1, 0.15) is 11.8 Å². The van der Waals surface area contributed by atoms with Gasteiger partial charge in [0.2, 0.25) is 11.9 Å². The number of carbonyl (C=O) groups is 1. The van der Waals surface area contributed by atoms with Crippen LogP contribution in [0.3, 0.4) is 0 Å². The lowest BCUT2D eigenvalue weighted by atomic mass is 10.1. The van der Waals surface area contributed by atoms with Crippen LogP contribution in [-0.2, 0) is 9.53 Å². The van der Waals surface area contributed by atoms with E-state index >= 15 is 0 Å². The topological polar surface area (TPSA) is 129 Å². The summed E-state index contributed by atoms with van der Waals surface area (Å²) in [7, 11) is 2.95. The summed E-state index contributed by atoms with van der Waals surface area (Å²) in [5.74, 6) is 1.23. The molecule has 3 aromatic rings. The molecule has 10 nitrogen and oxygen atoms in total.